The summed E-state index contributed by atoms with van der Waals surface area (Å²) < 4.78 is 9.75. The third-order valence-corrected chi connectivity index (χ3v) is 5.35. The Hall–Kier alpha value is -2.10. The van der Waals surface area contributed by atoms with Gasteiger partial charge in [0.2, 0.25) is 0 Å². The van der Waals surface area contributed by atoms with Gasteiger partial charge in [0.25, 0.3) is 0 Å². The fourth-order valence-electron chi connectivity index (χ4n) is 3.30. The van der Waals surface area contributed by atoms with Crippen molar-refractivity contribution in [3.8, 4) is 0 Å². The van der Waals surface area contributed by atoms with E-state index in [1.807, 2.05) is 0 Å². The van der Waals surface area contributed by atoms with Crippen molar-refractivity contribution in [2.45, 2.75) is 130 Å². The molecular weight excluding hydrogens is 448 g/mol. The van der Waals surface area contributed by atoms with Crippen molar-refractivity contribution >= 4 is 11.9 Å². The molecule has 0 saturated carbocycles. The Balaban J connectivity index is 0. The molecule has 0 amide bonds. The highest BCUT2D eigenvalue weighted by atomic mass is 16.5. The molecule has 0 aliphatic rings. The molecule has 0 aromatic rings. The van der Waals surface area contributed by atoms with Crippen LogP contribution in [0.5, 0.6) is 0 Å². The highest BCUT2D eigenvalue weighted by molar-refractivity contribution is 5.66. The predicted molar refractivity (Wildman–Crippen MR) is 155 cm³/mol. The molecule has 4 heteroatoms. The maximum atomic E-state index is 10.5. The quantitative estimate of drug-likeness (QED) is 0.0836. The smallest absolute Gasteiger partial charge is 0.302 e. The van der Waals surface area contributed by atoms with E-state index < -0.39 is 0 Å². The molecule has 0 aromatic heterocycles. The minimum atomic E-state index is -0.175. The van der Waals surface area contributed by atoms with E-state index in [0.717, 1.165) is 32.1 Å². The molecule has 0 N–H and O–H groups in total. The molecular formula is C32H56O4. The first-order valence-electron chi connectivity index (χ1n) is 14.4. The number of allylic oxidation sites excluding steroid dienone is 8. The number of ether oxygens (including phenoxy) is 2. The fraction of sp³-hybridized carbons (Fsp3) is 0.688. The van der Waals surface area contributed by atoms with Gasteiger partial charge in [0.15, 0.2) is 0 Å². The third-order valence-electron chi connectivity index (χ3n) is 5.35. The Morgan fingerprint density at radius 1 is 0.500 bits per heavy atom. The number of hydrogen-bond donors (Lipinski definition) is 0. The Kier molecular flexibility index (Phi) is 33.0. The van der Waals surface area contributed by atoms with E-state index >= 15 is 0 Å². The first-order valence-corrected chi connectivity index (χ1v) is 14.4. The molecule has 0 spiro atoms. The largest absolute Gasteiger partial charge is 0.466 e. The number of esters is 2. The van der Waals surface area contributed by atoms with Crippen LogP contribution in [0, 0.1) is 0 Å². The van der Waals surface area contributed by atoms with Crippen molar-refractivity contribution in [2.75, 3.05) is 13.2 Å². The average molecular weight is 505 g/mol. The number of hydrogen-bond acceptors (Lipinski definition) is 4. The van der Waals surface area contributed by atoms with E-state index in [-0.39, 0.29) is 11.9 Å². The average Bonchev–Trinajstić information content (AvgIpc) is 2.85. The molecule has 0 rings (SSSR count). The molecule has 0 aliphatic carbocycles. The van der Waals surface area contributed by atoms with Crippen LogP contribution in [0.1, 0.15) is 130 Å². The SMILES string of the molecule is CC/C=C/C=C/CCCCCCOC(C)=O.CCC/C=C/C=C/CCCCCCCCCOC(C)=O. The van der Waals surface area contributed by atoms with Crippen LogP contribution in [-0.4, -0.2) is 25.2 Å². The molecule has 0 heterocycles. The molecule has 0 atom stereocenters. The second-order valence-corrected chi connectivity index (χ2v) is 9.06. The molecule has 0 radical (unpaired) electrons. The molecule has 208 valence electrons. The Bertz CT molecular complexity index is 587. The second-order valence-electron chi connectivity index (χ2n) is 9.06. The van der Waals surface area contributed by atoms with Gasteiger partial charge in [-0.1, -0.05) is 114 Å². The molecule has 0 fully saturated rings. The Morgan fingerprint density at radius 2 is 0.861 bits per heavy atom. The summed E-state index contributed by atoms with van der Waals surface area (Å²) in [5, 5.41) is 0. The number of unbranched alkanes of at least 4 members (excludes halogenated alkanes) is 12. The van der Waals surface area contributed by atoms with Crippen LogP contribution < -0.4 is 0 Å². The first kappa shape index (κ1) is 36.1. The lowest BCUT2D eigenvalue weighted by atomic mass is 10.1. The summed E-state index contributed by atoms with van der Waals surface area (Å²) in [5.41, 5.74) is 0. The van der Waals surface area contributed by atoms with Gasteiger partial charge in [0.05, 0.1) is 13.2 Å². The molecule has 0 bridgehead atoms. The highest BCUT2D eigenvalue weighted by Gasteiger charge is 1.94. The van der Waals surface area contributed by atoms with Crippen LogP contribution in [0.4, 0.5) is 0 Å². The molecule has 0 saturated heterocycles. The lowest BCUT2D eigenvalue weighted by Crippen LogP contribution is -1.99. The normalized spacial score (nSPS) is 11.4. The minimum Gasteiger partial charge on any atom is -0.466 e. The van der Waals surface area contributed by atoms with Crippen LogP contribution in [-0.2, 0) is 19.1 Å². The maximum absolute atomic E-state index is 10.5. The van der Waals surface area contributed by atoms with Crippen LogP contribution in [0.25, 0.3) is 0 Å². The first-order chi connectivity index (χ1) is 17.5. The summed E-state index contributed by atoms with van der Waals surface area (Å²) in [6.07, 6.45) is 36.5. The fourth-order valence-corrected chi connectivity index (χ4v) is 3.30. The number of rotatable bonds is 22. The van der Waals surface area contributed by atoms with Crippen LogP contribution in [0.15, 0.2) is 48.6 Å². The lowest BCUT2D eigenvalue weighted by Gasteiger charge is -2.02. The summed E-state index contributed by atoms with van der Waals surface area (Å²) in [5.74, 6) is -0.340. The van der Waals surface area contributed by atoms with E-state index in [9.17, 15) is 9.59 Å². The molecule has 4 nitrogen and oxygen atoms in total. The molecule has 0 aromatic carbocycles. The van der Waals surface area contributed by atoms with Crippen molar-refractivity contribution in [2.24, 2.45) is 0 Å². The van der Waals surface area contributed by atoms with E-state index in [2.05, 4.69) is 62.5 Å². The zero-order chi connectivity index (χ0) is 27.0. The second kappa shape index (κ2) is 32.9. The standard InChI is InChI=1S/C18H32O2.C14H24O2/c1-3-4-5-6-7-8-9-10-11-12-13-14-15-16-17-20-18(2)19;1-3-4-5-6-7-8-9-10-11-12-13-16-14(2)15/h5-8H,3-4,9-17H2,1-2H3;4-7H,3,8-13H2,1-2H3/b6-5+,8-7+;5-4+,7-6+. The third kappa shape index (κ3) is 39.1. The zero-order valence-electron chi connectivity index (χ0n) is 24.0. The van der Waals surface area contributed by atoms with Crippen molar-refractivity contribution < 1.29 is 19.1 Å². The summed E-state index contributed by atoms with van der Waals surface area (Å²) in [7, 11) is 0. The van der Waals surface area contributed by atoms with Gasteiger partial charge in [-0.2, -0.15) is 0 Å². The van der Waals surface area contributed by atoms with Crippen LogP contribution in [0.2, 0.25) is 0 Å². The summed E-state index contributed by atoms with van der Waals surface area (Å²) in [4.78, 5) is 21.0. The van der Waals surface area contributed by atoms with Gasteiger partial charge >= 0.3 is 11.9 Å². The Labute approximate surface area is 223 Å². The van der Waals surface area contributed by atoms with Crippen LogP contribution >= 0.6 is 0 Å². The lowest BCUT2D eigenvalue weighted by molar-refractivity contribution is -0.142. The van der Waals surface area contributed by atoms with E-state index in [1.165, 1.54) is 84.5 Å². The Morgan fingerprint density at radius 3 is 1.25 bits per heavy atom. The van der Waals surface area contributed by atoms with Gasteiger partial charge in [-0.15, -0.1) is 0 Å². The van der Waals surface area contributed by atoms with E-state index in [4.69, 9.17) is 9.47 Å². The number of carbonyl (C=O) groups is 2. The van der Waals surface area contributed by atoms with Gasteiger partial charge in [0, 0.05) is 13.8 Å². The summed E-state index contributed by atoms with van der Waals surface area (Å²) in [6.45, 7) is 8.41. The van der Waals surface area contributed by atoms with Gasteiger partial charge in [-0.3, -0.25) is 9.59 Å². The van der Waals surface area contributed by atoms with E-state index in [1.54, 1.807) is 0 Å². The van der Waals surface area contributed by atoms with Crippen molar-refractivity contribution in [1.29, 1.82) is 0 Å². The van der Waals surface area contributed by atoms with Crippen LogP contribution in [0.3, 0.4) is 0 Å². The number of carbonyl (C=O) groups excluding carboxylic acids is 2. The van der Waals surface area contributed by atoms with Crippen molar-refractivity contribution in [3.63, 3.8) is 0 Å². The predicted octanol–water partition coefficient (Wildman–Crippen LogP) is 9.61. The van der Waals surface area contributed by atoms with Gasteiger partial charge in [-0.25, -0.2) is 0 Å². The van der Waals surface area contributed by atoms with Crippen molar-refractivity contribution in [3.05, 3.63) is 48.6 Å². The van der Waals surface area contributed by atoms with Gasteiger partial charge < -0.3 is 9.47 Å². The topological polar surface area (TPSA) is 52.6 Å². The summed E-state index contributed by atoms with van der Waals surface area (Å²) >= 11 is 0. The molecule has 36 heavy (non-hydrogen) atoms. The van der Waals surface area contributed by atoms with Crippen molar-refractivity contribution in [1.82, 2.24) is 0 Å². The van der Waals surface area contributed by atoms with Gasteiger partial charge in [0.1, 0.15) is 0 Å². The van der Waals surface area contributed by atoms with Gasteiger partial charge in [-0.05, 0) is 51.4 Å². The van der Waals surface area contributed by atoms with E-state index in [0.29, 0.717) is 13.2 Å². The maximum Gasteiger partial charge on any atom is 0.302 e. The minimum absolute atomic E-state index is 0.164. The monoisotopic (exact) mass is 504 g/mol. The molecule has 0 unspecified atom stereocenters. The molecule has 0 aliphatic heterocycles. The zero-order valence-corrected chi connectivity index (χ0v) is 24.0. The summed E-state index contributed by atoms with van der Waals surface area (Å²) in [6, 6.07) is 0. The highest BCUT2D eigenvalue weighted by Crippen LogP contribution is 2.09.